The fraction of sp³-hybridized carbons (Fsp3) is 0.318. The third kappa shape index (κ3) is 4.60. The molecule has 1 aliphatic heterocycles. The molecule has 1 saturated heterocycles. The maximum absolute atomic E-state index is 12.7. The van der Waals surface area contributed by atoms with Gasteiger partial charge in [-0.15, -0.1) is 0 Å². The number of hydrogen-bond donors (Lipinski definition) is 1. The number of halogens is 2. The van der Waals surface area contributed by atoms with Gasteiger partial charge in [-0.2, -0.15) is 0 Å². The highest BCUT2D eigenvalue weighted by Crippen LogP contribution is 2.24. The van der Waals surface area contributed by atoms with Crippen molar-refractivity contribution in [1.82, 2.24) is 9.55 Å². The molecule has 0 aliphatic carbocycles. The number of nitrogens with zero attached hydrogens (tertiary/aromatic N) is 3. The topological polar surface area (TPSA) is 67.2 Å². The second-order valence-electron chi connectivity index (χ2n) is 7.46. The Morgan fingerprint density at radius 3 is 2.43 bits per heavy atom. The molecule has 1 aliphatic rings. The summed E-state index contributed by atoms with van der Waals surface area (Å²) in [5.74, 6) is -0.311. The van der Waals surface area contributed by atoms with Crippen LogP contribution in [0.15, 0.2) is 47.5 Å². The Labute approximate surface area is 184 Å². The highest BCUT2D eigenvalue weighted by Gasteiger charge is 2.13. The molecule has 156 valence electrons. The van der Waals surface area contributed by atoms with E-state index in [-0.39, 0.29) is 23.4 Å². The van der Waals surface area contributed by atoms with Gasteiger partial charge in [-0.3, -0.25) is 14.2 Å². The lowest BCUT2D eigenvalue weighted by Gasteiger charge is -2.22. The van der Waals surface area contributed by atoms with Gasteiger partial charge in [0.1, 0.15) is 6.54 Å². The zero-order chi connectivity index (χ0) is 21.1. The normalized spacial score (nSPS) is 14.5. The van der Waals surface area contributed by atoms with Crippen LogP contribution in [0.5, 0.6) is 0 Å². The highest BCUT2D eigenvalue weighted by molar-refractivity contribution is 6.38. The van der Waals surface area contributed by atoms with Crippen molar-refractivity contribution in [2.45, 2.75) is 32.2 Å². The molecule has 3 aromatic rings. The Bertz CT molecular complexity index is 1120. The van der Waals surface area contributed by atoms with Crippen LogP contribution >= 0.6 is 23.2 Å². The number of nitrogens with one attached hydrogen (secondary N) is 1. The summed E-state index contributed by atoms with van der Waals surface area (Å²) in [5.41, 5.74) is 1.85. The van der Waals surface area contributed by atoms with Gasteiger partial charge in [-0.1, -0.05) is 36.0 Å². The monoisotopic (exact) mass is 444 g/mol. The van der Waals surface area contributed by atoms with E-state index in [1.807, 2.05) is 24.3 Å². The molecular formula is C22H22Cl2N4O2. The van der Waals surface area contributed by atoms with Gasteiger partial charge in [0.05, 0.1) is 22.3 Å². The van der Waals surface area contributed by atoms with E-state index in [1.54, 1.807) is 0 Å². The molecule has 4 rings (SSSR count). The summed E-state index contributed by atoms with van der Waals surface area (Å²) in [6, 6.07) is 10.9. The average Bonchev–Trinajstić information content (AvgIpc) is 3.00. The molecule has 0 bridgehead atoms. The van der Waals surface area contributed by atoms with E-state index in [0.29, 0.717) is 21.2 Å². The second kappa shape index (κ2) is 9.06. The summed E-state index contributed by atoms with van der Waals surface area (Å²) >= 11 is 12.1. The van der Waals surface area contributed by atoms with Crippen LogP contribution in [0.1, 0.15) is 25.7 Å². The molecule has 0 radical (unpaired) electrons. The Hall–Kier alpha value is -2.57. The van der Waals surface area contributed by atoms with Crippen molar-refractivity contribution in [3.8, 4) is 0 Å². The van der Waals surface area contributed by atoms with Crippen molar-refractivity contribution in [2.24, 2.45) is 0 Å². The lowest BCUT2D eigenvalue weighted by Crippen LogP contribution is -2.28. The standard InChI is InChI=1S/C22H22Cl2N4O2/c23-15-11-18-21(19(24)12-15)25-14-28(22(18)30)13-20(29)26-16-5-7-17(8-6-16)27-9-3-1-2-4-10-27/h5-8,11-12,14H,1-4,9-10,13H2,(H,26,29). The van der Waals surface area contributed by atoms with Crippen LogP contribution in [0.2, 0.25) is 10.0 Å². The number of anilines is 2. The molecular weight excluding hydrogens is 423 g/mol. The van der Waals surface area contributed by atoms with E-state index < -0.39 is 0 Å². The van der Waals surface area contributed by atoms with Crippen molar-refractivity contribution < 1.29 is 4.79 Å². The molecule has 0 spiro atoms. The lowest BCUT2D eigenvalue weighted by atomic mass is 10.2. The minimum Gasteiger partial charge on any atom is -0.372 e. The second-order valence-corrected chi connectivity index (χ2v) is 8.30. The van der Waals surface area contributed by atoms with Crippen LogP contribution in [-0.2, 0) is 11.3 Å². The number of hydrogen-bond acceptors (Lipinski definition) is 4. The molecule has 8 heteroatoms. The van der Waals surface area contributed by atoms with Crippen molar-refractivity contribution in [3.63, 3.8) is 0 Å². The van der Waals surface area contributed by atoms with E-state index in [9.17, 15) is 9.59 Å². The van der Waals surface area contributed by atoms with Crippen molar-refractivity contribution in [2.75, 3.05) is 23.3 Å². The van der Waals surface area contributed by atoms with Gasteiger partial charge < -0.3 is 10.2 Å². The number of aromatic nitrogens is 2. The third-order valence-corrected chi connectivity index (χ3v) is 5.79. The first-order valence-corrected chi connectivity index (χ1v) is 10.8. The van der Waals surface area contributed by atoms with Crippen molar-refractivity contribution >= 4 is 51.4 Å². The number of carbonyl (C=O) groups is 1. The van der Waals surface area contributed by atoms with Crippen LogP contribution in [0.3, 0.4) is 0 Å². The van der Waals surface area contributed by atoms with Crippen LogP contribution in [0, 0.1) is 0 Å². The zero-order valence-corrected chi connectivity index (χ0v) is 17.9. The van der Waals surface area contributed by atoms with Crippen LogP contribution < -0.4 is 15.8 Å². The SMILES string of the molecule is O=C(Cn1cnc2c(Cl)cc(Cl)cc2c1=O)Nc1ccc(N2CCCCCC2)cc1. The van der Waals surface area contributed by atoms with Gasteiger partial charge in [-0.25, -0.2) is 4.98 Å². The van der Waals surface area contributed by atoms with Gasteiger partial charge in [-0.05, 0) is 49.2 Å². The van der Waals surface area contributed by atoms with E-state index in [4.69, 9.17) is 23.2 Å². The maximum atomic E-state index is 12.7. The van der Waals surface area contributed by atoms with Crippen LogP contribution in [0.4, 0.5) is 11.4 Å². The number of benzene rings is 2. The van der Waals surface area contributed by atoms with E-state index in [0.717, 1.165) is 13.1 Å². The minimum absolute atomic E-state index is 0.153. The molecule has 1 fully saturated rings. The summed E-state index contributed by atoms with van der Waals surface area (Å²) in [6.07, 6.45) is 6.32. The molecule has 1 aromatic heterocycles. The van der Waals surface area contributed by atoms with E-state index >= 15 is 0 Å². The zero-order valence-electron chi connectivity index (χ0n) is 16.4. The highest BCUT2D eigenvalue weighted by atomic mass is 35.5. The molecule has 6 nitrogen and oxygen atoms in total. The third-order valence-electron chi connectivity index (χ3n) is 5.28. The Morgan fingerprint density at radius 1 is 1.03 bits per heavy atom. The maximum Gasteiger partial charge on any atom is 0.261 e. The largest absolute Gasteiger partial charge is 0.372 e. The van der Waals surface area contributed by atoms with Gasteiger partial charge >= 0.3 is 0 Å². The van der Waals surface area contributed by atoms with Crippen LogP contribution in [-0.4, -0.2) is 28.5 Å². The number of amides is 1. The molecule has 30 heavy (non-hydrogen) atoms. The predicted octanol–water partition coefficient (Wildman–Crippen LogP) is 4.72. The fourth-order valence-electron chi connectivity index (χ4n) is 3.75. The molecule has 2 heterocycles. The summed E-state index contributed by atoms with van der Waals surface area (Å²) in [5, 5.41) is 3.76. The Morgan fingerprint density at radius 2 is 1.73 bits per heavy atom. The summed E-state index contributed by atoms with van der Waals surface area (Å²) in [6.45, 7) is 1.98. The predicted molar refractivity (Wildman–Crippen MR) is 122 cm³/mol. The molecule has 0 saturated carbocycles. The Kier molecular flexibility index (Phi) is 6.25. The minimum atomic E-state index is -0.365. The van der Waals surface area contributed by atoms with Gasteiger partial charge in [0.2, 0.25) is 5.91 Å². The van der Waals surface area contributed by atoms with Crippen molar-refractivity contribution in [1.29, 1.82) is 0 Å². The smallest absolute Gasteiger partial charge is 0.261 e. The quantitative estimate of drug-likeness (QED) is 0.631. The number of rotatable bonds is 4. The molecule has 1 amide bonds. The average molecular weight is 445 g/mol. The molecule has 2 aromatic carbocycles. The lowest BCUT2D eigenvalue weighted by molar-refractivity contribution is -0.116. The first-order valence-electron chi connectivity index (χ1n) is 10.0. The summed E-state index contributed by atoms with van der Waals surface area (Å²) < 4.78 is 1.25. The number of carbonyl (C=O) groups excluding carboxylic acids is 1. The molecule has 1 N–H and O–H groups in total. The van der Waals surface area contributed by atoms with Crippen LogP contribution in [0.25, 0.3) is 10.9 Å². The number of fused-ring (bicyclic) bond motifs is 1. The fourth-order valence-corrected chi connectivity index (χ4v) is 4.29. The Balaban J connectivity index is 1.46. The van der Waals surface area contributed by atoms with Gasteiger partial charge in [0, 0.05) is 29.5 Å². The first kappa shape index (κ1) is 20.7. The van der Waals surface area contributed by atoms with E-state index in [2.05, 4.69) is 15.2 Å². The summed E-state index contributed by atoms with van der Waals surface area (Å²) in [7, 11) is 0. The molecule has 0 unspecified atom stereocenters. The first-order chi connectivity index (χ1) is 14.5. The van der Waals surface area contributed by atoms with Gasteiger partial charge in [0.15, 0.2) is 0 Å². The van der Waals surface area contributed by atoms with E-state index in [1.165, 1.54) is 54.4 Å². The van der Waals surface area contributed by atoms with Gasteiger partial charge in [0.25, 0.3) is 5.56 Å². The summed E-state index contributed by atoms with van der Waals surface area (Å²) in [4.78, 5) is 31.7. The van der Waals surface area contributed by atoms with Crippen molar-refractivity contribution in [3.05, 3.63) is 63.1 Å². The molecule has 0 atom stereocenters.